The molecule has 1 aliphatic heterocycles. The van der Waals surface area contributed by atoms with E-state index in [0.717, 1.165) is 26.2 Å². The van der Waals surface area contributed by atoms with Crippen molar-refractivity contribution in [3.8, 4) is 0 Å². The number of hydrogen-bond donors (Lipinski definition) is 1. The van der Waals surface area contributed by atoms with Crippen LogP contribution in [-0.2, 0) is 4.79 Å². The largest absolute Gasteiger partial charge is 0.339 e. The Kier molecular flexibility index (Phi) is 4.84. The second-order valence-corrected chi connectivity index (χ2v) is 4.32. The number of rotatable bonds is 1. The molecule has 1 aliphatic rings. The molecule has 1 saturated heterocycles. The van der Waals surface area contributed by atoms with Crippen LogP contribution in [0.15, 0.2) is 0 Å². The first-order valence-corrected chi connectivity index (χ1v) is 4.68. The van der Waals surface area contributed by atoms with Gasteiger partial charge in [-0.15, -0.1) is 12.4 Å². The second kappa shape index (κ2) is 4.96. The maximum Gasteiger partial charge on any atom is 0.242 e. The smallest absolute Gasteiger partial charge is 0.242 e. The number of hydrogen-bond acceptors (Lipinski definition) is 3. The van der Waals surface area contributed by atoms with Gasteiger partial charge in [-0.3, -0.25) is 4.79 Å². The van der Waals surface area contributed by atoms with Crippen LogP contribution in [0, 0.1) is 0 Å². The molecule has 1 heterocycles. The van der Waals surface area contributed by atoms with Crippen LogP contribution in [0.4, 0.5) is 0 Å². The molecule has 4 nitrogen and oxygen atoms in total. The van der Waals surface area contributed by atoms with Gasteiger partial charge in [0, 0.05) is 26.2 Å². The van der Waals surface area contributed by atoms with Crippen molar-refractivity contribution in [2.24, 2.45) is 5.73 Å². The number of carbonyl (C=O) groups excluding carboxylic acids is 1. The van der Waals surface area contributed by atoms with Gasteiger partial charge in [-0.1, -0.05) is 0 Å². The fourth-order valence-electron chi connectivity index (χ4n) is 1.42. The van der Waals surface area contributed by atoms with Crippen LogP contribution in [0.3, 0.4) is 0 Å². The van der Waals surface area contributed by atoms with E-state index in [4.69, 9.17) is 5.73 Å². The third-order valence-electron chi connectivity index (χ3n) is 2.34. The number of carbonyl (C=O) groups is 1. The van der Waals surface area contributed by atoms with Gasteiger partial charge in [-0.2, -0.15) is 0 Å². The van der Waals surface area contributed by atoms with Gasteiger partial charge in [0.1, 0.15) is 0 Å². The normalized spacial score (nSPS) is 19.0. The van der Waals surface area contributed by atoms with E-state index < -0.39 is 5.54 Å². The van der Waals surface area contributed by atoms with Crippen LogP contribution in [0.25, 0.3) is 0 Å². The maximum absolute atomic E-state index is 11.7. The second-order valence-electron chi connectivity index (χ2n) is 4.32. The zero-order valence-corrected chi connectivity index (χ0v) is 9.93. The zero-order chi connectivity index (χ0) is 10.1. The van der Waals surface area contributed by atoms with Crippen LogP contribution in [-0.4, -0.2) is 54.5 Å². The number of nitrogens with two attached hydrogens (primary N) is 1. The lowest BCUT2D eigenvalue weighted by Gasteiger charge is -2.35. The number of halogens is 1. The Morgan fingerprint density at radius 3 is 2.00 bits per heavy atom. The summed E-state index contributed by atoms with van der Waals surface area (Å²) < 4.78 is 0. The summed E-state index contributed by atoms with van der Waals surface area (Å²) in [5, 5.41) is 0. The minimum atomic E-state index is -0.726. The van der Waals surface area contributed by atoms with Gasteiger partial charge in [0.15, 0.2) is 0 Å². The summed E-state index contributed by atoms with van der Waals surface area (Å²) in [7, 11) is 2.06. The molecular formula is C9H20ClN3O. The number of nitrogens with zero attached hydrogens (tertiary/aromatic N) is 2. The molecule has 1 amide bonds. The van der Waals surface area contributed by atoms with E-state index in [1.807, 2.05) is 4.90 Å². The van der Waals surface area contributed by atoms with Crippen molar-refractivity contribution >= 4 is 18.3 Å². The predicted octanol–water partition coefficient (Wildman–Crippen LogP) is -0.0805. The van der Waals surface area contributed by atoms with Crippen molar-refractivity contribution < 1.29 is 4.79 Å². The summed E-state index contributed by atoms with van der Waals surface area (Å²) in [6.07, 6.45) is 0. The Labute approximate surface area is 91.8 Å². The van der Waals surface area contributed by atoms with Crippen molar-refractivity contribution in [1.82, 2.24) is 9.80 Å². The van der Waals surface area contributed by atoms with Crippen LogP contribution >= 0.6 is 12.4 Å². The molecule has 84 valence electrons. The molecule has 0 saturated carbocycles. The van der Waals surface area contributed by atoms with Gasteiger partial charge in [0.05, 0.1) is 5.54 Å². The van der Waals surface area contributed by atoms with Gasteiger partial charge in [-0.25, -0.2) is 0 Å². The lowest BCUT2D eigenvalue weighted by Crippen LogP contribution is -2.56. The number of amides is 1. The Bertz CT molecular complexity index is 195. The topological polar surface area (TPSA) is 49.6 Å². The third-order valence-corrected chi connectivity index (χ3v) is 2.34. The van der Waals surface area contributed by atoms with Crippen LogP contribution < -0.4 is 5.73 Å². The first kappa shape index (κ1) is 13.7. The van der Waals surface area contributed by atoms with Crippen molar-refractivity contribution in [2.75, 3.05) is 33.2 Å². The fraction of sp³-hybridized carbons (Fsp3) is 0.889. The Balaban J connectivity index is 0.00000169. The van der Waals surface area contributed by atoms with E-state index in [2.05, 4.69) is 11.9 Å². The van der Waals surface area contributed by atoms with E-state index in [1.165, 1.54) is 0 Å². The first-order chi connectivity index (χ1) is 5.91. The number of likely N-dealkylation sites (N-methyl/N-ethyl adjacent to an activating group) is 1. The van der Waals surface area contributed by atoms with Crippen LogP contribution in [0.1, 0.15) is 13.8 Å². The molecule has 5 heteroatoms. The molecule has 0 unspecified atom stereocenters. The molecule has 0 aromatic rings. The van der Waals surface area contributed by atoms with Gasteiger partial charge in [0.2, 0.25) is 5.91 Å². The summed E-state index contributed by atoms with van der Waals surface area (Å²) in [6.45, 7) is 7.01. The highest BCUT2D eigenvalue weighted by Crippen LogP contribution is 2.07. The van der Waals surface area contributed by atoms with Crippen molar-refractivity contribution in [2.45, 2.75) is 19.4 Å². The molecule has 0 radical (unpaired) electrons. The number of piperazine rings is 1. The average molecular weight is 222 g/mol. The average Bonchev–Trinajstić information content (AvgIpc) is 2.03. The predicted molar refractivity (Wildman–Crippen MR) is 59.6 cm³/mol. The molecular weight excluding hydrogens is 202 g/mol. The van der Waals surface area contributed by atoms with Gasteiger partial charge < -0.3 is 15.5 Å². The molecule has 2 N–H and O–H groups in total. The quantitative estimate of drug-likeness (QED) is 0.674. The van der Waals surface area contributed by atoms with E-state index in [9.17, 15) is 4.79 Å². The van der Waals surface area contributed by atoms with Gasteiger partial charge in [0.25, 0.3) is 0 Å². The highest BCUT2D eigenvalue weighted by molar-refractivity contribution is 5.85. The van der Waals surface area contributed by atoms with E-state index in [1.54, 1.807) is 13.8 Å². The standard InChI is InChI=1S/C9H19N3O.ClH/c1-9(2,10)8(13)12-6-4-11(3)5-7-12;/h4-7,10H2,1-3H3;1H. The van der Waals surface area contributed by atoms with Crippen LogP contribution in [0.5, 0.6) is 0 Å². The van der Waals surface area contributed by atoms with E-state index in [0.29, 0.717) is 0 Å². The molecule has 0 aliphatic carbocycles. The molecule has 1 rings (SSSR count). The SMILES string of the molecule is CN1CCN(C(=O)C(C)(C)N)CC1.Cl. The molecule has 0 aromatic heterocycles. The van der Waals surface area contributed by atoms with Crippen molar-refractivity contribution in [3.63, 3.8) is 0 Å². The summed E-state index contributed by atoms with van der Waals surface area (Å²) in [4.78, 5) is 15.8. The summed E-state index contributed by atoms with van der Waals surface area (Å²) in [5.41, 5.74) is 5.01. The van der Waals surface area contributed by atoms with E-state index in [-0.39, 0.29) is 18.3 Å². The molecule has 0 spiro atoms. The highest BCUT2D eigenvalue weighted by atomic mass is 35.5. The molecule has 1 fully saturated rings. The van der Waals surface area contributed by atoms with Gasteiger partial charge in [-0.05, 0) is 20.9 Å². The Morgan fingerprint density at radius 1 is 1.21 bits per heavy atom. The fourth-order valence-corrected chi connectivity index (χ4v) is 1.42. The monoisotopic (exact) mass is 221 g/mol. The Morgan fingerprint density at radius 2 is 1.64 bits per heavy atom. The molecule has 0 atom stereocenters. The summed E-state index contributed by atoms with van der Waals surface area (Å²) in [5.74, 6) is 0.0561. The highest BCUT2D eigenvalue weighted by Gasteiger charge is 2.29. The lowest BCUT2D eigenvalue weighted by atomic mass is 10.1. The summed E-state index contributed by atoms with van der Waals surface area (Å²) >= 11 is 0. The third kappa shape index (κ3) is 3.44. The molecule has 0 aromatic carbocycles. The minimum absolute atomic E-state index is 0. The maximum atomic E-state index is 11.7. The Hall–Kier alpha value is -0.320. The zero-order valence-electron chi connectivity index (χ0n) is 9.12. The molecule has 0 bridgehead atoms. The molecule has 14 heavy (non-hydrogen) atoms. The first-order valence-electron chi connectivity index (χ1n) is 4.68. The summed E-state index contributed by atoms with van der Waals surface area (Å²) in [6, 6.07) is 0. The minimum Gasteiger partial charge on any atom is -0.339 e. The van der Waals surface area contributed by atoms with E-state index >= 15 is 0 Å². The lowest BCUT2D eigenvalue weighted by molar-refractivity contribution is -0.137. The van der Waals surface area contributed by atoms with Crippen LogP contribution in [0.2, 0.25) is 0 Å². The van der Waals surface area contributed by atoms with Crippen molar-refractivity contribution in [1.29, 1.82) is 0 Å². The van der Waals surface area contributed by atoms with Crippen molar-refractivity contribution in [3.05, 3.63) is 0 Å². The van der Waals surface area contributed by atoms with Gasteiger partial charge >= 0.3 is 0 Å².